The Balaban J connectivity index is 1.72. The molecular formula is C18H24N2O. The Morgan fingerprint density at radius 3 is 2.52 bits per heavy atom. The predicted octanol–water partition coefficient (Wildman–Crippen LogP) is 3.22. The molecule has 1 aliphatic rings. The summed E-state index contributed by atoms with van der Waals surface area (Å²) in [6.07, 6.45) is 0. The van der Waals surface area contributed by atoms with Gasteiger partial charge in [0.25, 0.3) is 0 Å². The van der Waals surface area contributed by atoms with E-state index in [0.717, 1.165) is 26.3 Å². The maximum atomic E-state index is 5.30. The van der Waals surface area contributed by atoms with E-state index >= 15 is 0 Å². The van der Waals surface area contributed by atoms with Crippen molar-refractivity contribution in [1.82, 2.24) is 9.88 Å². The van der Waals surface area contributed by atoms with Crippen LogP contribution < -0.4 is 5.32 Å². The third kappa shape index (κ3) is 2.89. The molecular weight excluding hydrogens is 260 g/mol. The molecule has 1 saturated heterocycles. The molecule has 21 heavy (non-hydrogen) atoms. The number of aryl methyl sites for hydroxylation is 1. The zero-order valence-corrected chi connectivity index (χ0v) is 13.1. The Labute approximate surface area is 126 Å². The maximum Gasteiger partial charge on any atom is 0.0554 e. The normalized spacial score (nSPS) is 16.7. The van der Waals surface area contributed by atoms with Gasteiger partial charge >= 0.3 is 0 Å². The molecule has 0 bridgehead atoms. The SMILES string of the molecule is Cc1cc(CNCC2(C)COC2)c(C)n1-c1ccccc1. The van der Waals surface area contributed by atoms with Gasteiger partial charge in [-0.3, -0.25) is 0 Å². The van der Waals surface area contributed by atoms with Crippen LogP contribution in [-0.4, -0.2) is 24.3 Å². The van der Waals surface area contributed by atoms with Crippen molar-refractivity contribution < 1.29 is 4.74 Å². The van der Waals surface area contributed by atoms with Gasteiger partial charge in [0, 0.05) is 35.6 Å². The van der Waals surface area contributed by atoms with Crippen LogP contribution in [-0.2, 0) is 11.3 Å². The summed E-state index contributed by atoms with van der Waals surface area (Å²) < 4.78 is 7.63. The maximum absolute atomic E-state index is 5.30. The van der Waals surface area contributed by atoms with Crippen LogP contribution in [0.1, 0.15) is 23.9 Å². The van der Waals surface area contributed by atoms with Crippen molar-refractivity contribution >= 4 is 0 Å². The third-order valence-corrected chi connectivity index (χ3v) is 4.32. The Kier molecular flexibility index (Phi) is 3.87. The van der Waals surface area contributed by atoms with Crippen LogP contribution in [0.25, 0.3) is 5.69 Å². The second-order valence-corrected chi connectivity index (χ2v) is 6.47. The molecule has 112 valence electrons. The number of rotatable bonds is 5. The molecule has 1 aromatic carbocycles. The molecule has 0 unspecified atom stereocenters. The van der Waals surface area contributed by atoms with Crippen molar-refractivity contribution in [3.8, 4) is 5.69 Å². The lowest BCUT2D eigenvalue weighted by atomic mass is 9.89. The first-order chi connectivity index (χ1) is 10.1. The monoisotopic (exact) mass is 284 g/mol. The molecule has 0 aliphatic carbocycles. The molecule has 3 rings (SSSR count). The largest absolute Gasteiger partial charge is 0.380 e. The molecule has 0 radical (unpaired) electrons. The number of benzene rings is 1. The van der Waals surface area contributed by atoms with Crippen LogP contribution in [0, 0.1) is 19.3 Å². The summed E-state index contributed by atoms with van der Waals surface area (Å²) in [4.78, 5) is 0. The highest BCUT2D eigenvalue weighted by atomic mass is 16.5. The number of ether oxygens (including phenoxy) is 1. The first kappa shape index (κ1) is 14.4. The van der Waals surface area contributed by atoms with Gasteiger partial charge in [0.2, 0.25) is 0 Å². The van der Waals surface area contributed by atoms with E-state index in [0.29, 0.717) is 5.41 Å². The first-order valence-electron chi connectivity index (χ1n) is 7.61. The van der Waals surface area contributed by atoms with Gasteiger partial charge in [-0.1, -0.05) is 25.1 Å². The van der Waals surface area contributed by atoms with E-state index in [9.17, 15) is 0 Å². The van der Waals surface area contributed by atoms with E-state index in [1.165, 1.54) is 22.6 Å². The lowest BCUT2D eigenvalue weighted by Gasteiger charge is -2.38. The molecule has 0 amide bonds. The Morgan fingerprint density at radius 1 is 1.19 bits per heavy atom. The number of nitrogens with zero attached hydrogens (tertiary/aromatic N) is 1. The molecule has 2 aromatic rings. The second-order valence-electron chi connectivity index (χ2n) is 6.47. The van der Waals surface area contributed by atoms with Gasteiger partial charge in [-0.25, -0.2) is 0 Å². The highest BCUT2D eigenvalue weighted by Gasteiger charge is 2.32. The third-order valence-electron chi connectivity index (χ3n) is 4.32. The van der Waals surface area contributed by atoms with E-state index in [2.05, 4.69) is 67.1 Å². The van der Waals surface area contributed by atoms with Crippen LogP contribution in [0.5, 0.6) is 0 Å². The first-order valence-corrected chi connectivity index (χ1v) is 7.61. The van der Waals surface area contributed by atoms with Crippen LogP contribution in [0.4, 0.5) is 0 Å². The van der Waals surface area contributed by atoms with Gasteiger partial charge in [0.1, 0.15) is 0 Å². The Bertz CT molecular complexity index is 612. The summed E-state index contributed by atoms with van der Waals surface area (Å²) in [6.45, 7) is 10.3. The number of hydrogen-bond donors (Lipinski definition) is 1. The summed E-state index contributed by atoms with van der Waals surface area (Å²) in [6, 6.07) is 12.8. The second kappa shape index (κ2) is 5.66. The predicted molar refractivity (Wildman–Crippen MR) is 85.9 cm³/mol. The molecule has 0 atom stereocenters. The fourth-order valence-corrected chi connectivity index (χ4v) is 3.03. The summed E-state index contributed by atoms with van der Waals surface area (Å²) in [5.74, 6) is 0. The van der Waals surface area contributed by atoms with Gasteiger partial charge < -0.3 is 14.6 Å². The minimum Gasteiger partial charge on any atom is -0.380 e. The number of nitrogens with one attached hydrogen (secondary N) is 1. The molecule has 2 heterocycles. The highest BCUT2D eigenvalue weighted by Crippen LogP contribution is 2.26. The van der Waals surface area contributed by atoms with E-state index in [-0.39, 0.29) is 0 Å². The molecule has 0 spiro atoms. The van der Waals surface area contributed by atoms with Crippen molar-refractivity contribution in [3.63, 3.8) is 0 Å². The van der Waals surface area contributed by atoms with Gasteiger partial charge in [-0.2, -0.15) is 0 Å². The van der Waals surface area contributed by atoms with Gasteiger partial charge in [-0.15, -0.1) is 0 Å². The van der Waals surface area contributed by atoms with Gasteiger partial charge in [0.05, 0.1) is 13.2 Å². The lowest BCUT2D eigenvalue weighted by molar-refractivity contribution is -0.0991. The topological polar surface area (TPSA) is 26.2 Å². The Morgan fingerprint density at radius 2 is 1.90 bits per heavy atom. The van der Waals surface area contributed by atoms with Crippen molar-refractivity contribution in [1.29, 1.82) is 0 Å². The van der Waals surface area contributed by atoms with Crippen LogP contribution in [0.15, 0.2) is 36.4 Å². The summed E-state index contributed by atoms with van der Waals surface area (Å²) in [5.41, 5.74) is 5.54. The fraction of sp³-hybridized carbons (Fsp3) is 0.444. The fourth-order valence-electron chi connectivity index (χ4n) is 3.03. The molecule has 1 N–H and O–H groups in total. The number of para-hydroxylation sites is 1. The molecule has 1 aliphatic heterocycles. The number of aromatic nitrogens is 1. The standard InChI is InChI=1S/C18H24N2O/c1-14-9-16(10-19-11-18(3)12-21-13-18)15(2)20(14)17-7-5-4-6-8-17/h4-9,19H,10-13H2,1-3H3. The quantitative estimate of drug-likeness (QED) is 0.912. The molecule has 0 saturated carbocycles. The van der Waals surface area contributed by atoms with Crippen molar-refractivity contribution in [2.45, 2.75) is 27.3 Å². The zero-order chi connectivity index (χ0) is 14.9. The van der Waals surface area contributed by atoms with Crippen molar-refractivity contribution in [2.24, 2.45) is 5.41 Å². The van der Waals surface area contributed by atoms with Gasteiger partial charge in [0.15, 0.2) is 0 Å². The van der Waals surface area contributed by atoms with Crippen LogP contribution >= 0.6 is 0 Å². The van der Waals surface area contributed by atoms with E-state index in [1.807, 2.05) is 0 Å². The summed E-state index contributed by atoms with van der Waals surface area (Å²) >= 11 is 0. The Hall–Kier alpha value is -1.58. The minimum atomic E-state index is 0.324. The van der Waals surface area contributed by atoms with Crippen LogP contribution in [0.2, 0.25) is 0 Å². The smallest absolute Gasteiger partial charge is 0.0554 e. The van der Waals surface area contributed by atoms with Crippen molar-refractivity contribution in [2.75, 3.05) is 19.8 Å². The average molecular weight is 284 g/mol. The molecule has 1 aromatic heterocycles. The molecule has 3 heteroatoms. The van der Waals surface area contributed by atoms with Crippen molar-refractivity contribution in [3.05, 3.63) is 53.3 Å². The zero-order valence-electron chi connectivity index (χ0n) is 13.1. The van der Waals surface area contributed by atoms with Crippen LogP contribution in [0.3, 0.4) is 0 Å². The van der Waals surface area contributed by atoms with E-state index in [1.54, 1.807) is 0 Å². The number of hydrogen-bond acceptors (Lipinski definition) is 2. The van der Waals surface area contributed by atoms with E-state index < -0.39 is 0 Å². The van der Waals surface area contributed by atoms with Gasteiger partial charge in [-0.05, 0) is 37.6 Å². The summed E-state index contributed by atoms with van der Waals surface area (Å²) in [5, 5.41) is 3.58. The molecule has 1 fully saturated rings. The molecule has 3 nitrogen and oxygen atoms in total. The minimum absolute atomic E-state index is 0.324. The average Bonchev–Trinajstić information content (AvgIpc) is 2.73. The highest BCUT2D eigenvalue weighted by molar-refractivity contribution is 5.40. The van der Waals surface area contributed by atoms with E-state index in [4.69, 9.17) is 4.74 Å². The lowest BCUT2D eigenvalue weighted by Crippen LogP contribution is -2.47. The summed E-state index contributed by atoms with van der Waals surface area (Å²) in [7, 11) is 0.